The molecule has 7 atom stereocenters. The minimum Gasteiger partial charge on any atom is -0.394 e. The van der Waals surface area contributed by atoms with Crippen LogP contribution in [0.5, 0.6) is 0 Å². The summed E-state index contributed by atoms with van der Waals surface area (Å²) in [6.45, 7) is 3.51. The van der Waals surface area contributed by atoms with E-state index in [0.29, 0.717) is 6.42 Å². The number of ether oxygens (including phenoxy) is 2. The van der Waals surface area contributed by atoms with E-state index in [1.807, 2.05) is 6.08 Å². The Morgan fingerprint density at radius 3 is 1.51 bits per heavy atom. The molecule has 0 aliphatic carbocycles. The first-order valence-electron chi connectivity index (χ1n) is 25.0. The molecule has 1 aliphatic rings. The fourth-order valence-corrected chi connectivity index (χ4v) is 7.18. The van der Waals surface area contributed by atoms with Crippen molar-refractivity contribution >= 4 is 5.91 Å². The molecule has 9 heteroatoms. The molecule has 1 rings (SSSR count). The van der Waals surface area contributed by atoms with E-state index in [9.17, 15) is 30.3 Å². The zero-order valence-corrected chi connectivity index (χ0v) is 39.5. The zero-order valence-electron chi connectivity index (χ0n) is 39.5. The second-order valence-corrected chi connectivity index (χ2v) is 16.9. The second-order valence-electron chi connectivity index (χ2n) is 16.9. The van der Waals surface area contributed by atoms with Crippen molar-refractivity contribution in [1.29, 1.82) is 0 Å². The number of hydrogen-bond acceptors (Lipinski definition) is 8. The number of amides is 1. The van der Waals surface area contributed by atoms with E-state index in [-0.39, 0.29) is 12.5 Å². The fourth-order valence-electron chi connectivity index (χ4n) is 7.18. The van der Waals surface area contributed by atoms with E-state index in [2.05, 4.69) is 104 Å². The summed E-state index contributed by atoms with van der Waals surface area (Å²) in [6.07, 6.45) is 55.1. The van der Waals surface area contributed by atoms with Gasteiger partial charge in [0, 0.05) is 6.42 Å². The van der Waals surface area contributed by atoms with Gasteiger partial charge in [0.2, 0.25) is 5.91 Å². The summed E-state index contributed by atoms with van der Waals surface area (Å²) in [5.41, 5.74) is 0. The van der Waals surface area contributed by atoms with Gasteiger partial charge in [-0.2, -0.15) is 0 Å². The van der Waals surface area contributed by atoms with Gasteiger partial charge >= 0.3 is 0 Å². The molecule has 0 saturated carbocycles. The van der Waals surface area contributed by atoms with Crippen molar-refractivity contribution < 1.29 is 39.8 Å². The number of unbranched alkanes of at least 4 members (excludes halogenated alkanes) is 16. The van der Waals surface area contributed by atoms with E-state index < -0.39 is 49.5 Å². The lowest BCUT2D eigenvalue weighted by molar-refractivity contribution is -0.302. The highest BCUT2D eigenvalue weighted by Gasteiger charge is 2.44. The Labute approximate surface area is 383 Å². The van der Waals surface area contributed by atoms with E-state index in [1.165, 1.54) is 77.0 Å². The third-order valence-electron chi connectivity index (χ3n) is 11.1. The van der Waals surface area contributed by atoms with Gasteiger partial charge < -0.3 is 40.3 Å². The van der Waals surface area contributed by atoms with Crippen molar-refractivity contribution in [1.82, 2.24) is 5.32 Å². The Bertz CT molecular complexity index is 1300. The van der Waals surface area contributed by atoms with E-state index in [1.54, 1.807) is 6.08 Å². The zero-order chi connectivity index (χ0) is 45.9. The molecule has 1 saturated heterocycles. The monoisotopic (exact) mass is 882 g/mol. The van der Waals surface area contributed by atoms with Crippen LogP contribution in [0.15, 0.2) is 97.2 Å². The van der Waals surface area contributed by atoms with Crippen LogP contribution in [0.3, 0.4) is 0 Å². The molecule has 63 heavy (non-hydrogen) atoms. The van der Waals surface area contributed by atoms with Crippen LogP contribution < -0.4 is 5.32 Å². The third-order valence-corrected chi connectivity index (χ3v) is 11.1. The molecule has 1 aliphatic heterocycles. The first kappa shape index (κ1) is 58.1. The fraction of sp³-hybridized carbons (Fsp3) is 0.685. The van der Waals surface area contributed by atoms with Crippen molar-refractivity contribution in [2.75, 3.05) is 13.2 Å². The number of allylic oxidation sites excluding steroid dienone is 15. The van der Waals surface area contributed by atoms with Crippen LogP contribution >= 0.6 is 0 Å². The number of carbonyl (C=O) groups is 1. The number of aliphatic hydroxyl groups excluding tert-OH is 5. The largest absolute Gasteiger partial charge is 0.394 e. The van der Waals surface area contributed by atoms with Crippen LogP contribution in [0.2, 0.25) is 0 Å². The highest BCUT2D eigenvalue weighted by Crippen LogP contribution is 2.22. The highest BCUT2D eigenvalue weighted by atomic mass is 16.7. The number of carbonyl (C=O) groups excluding carboxylic acids is 1. The molecule has 0 aromatic carbocycles. The number of aliphatic hydroxyl groups is 5. The average Bonchev–Trinajstić information content (AvgIpc) is 3.28. The number of hydrogen-bond donors (Lipinski definition) is 6. The van der Waals surface area contributed by atoms with Gasteiger partial charge in [-0.25, -0.2) is 0 Å². The van der Waals surface area contributed by atoms with Gasteiger partial charge in [-0.3, -0.25) is 4.79 Å². The van der Waals surface area contributed by atoms with Gasteiger partial charge in [-0.15, -0.1) is 0 Å². The molecule has 0 aromatic heterocycles. The Hall–Kier alpha value is -2.89. The van der Waals surface area contributed by atoms with Crippen LogP contribution in [0.4, 0.5) is 0 Å². The van der Waals surface area contributed by atoms with Crippen LogP contribution in [0.1, 0.15) is 181 Å². The smallest absolute Gasteiger partial charge is 0.220 e. The summed E-state index contributed by atoms with van der Waals surface area (Å²) in [5.74, 6) is -0.197. The maximum absolute atomic E-state index is 12.9. The summed E-state index contributed by atoms with van der Waals surface area (Å²) in [6, 6.07) is -0.823. The Morgan fingerprint density at radius 1 is 0.556 bits per heavy atom. The Kier molecular flexibility index (Phi) is 39.7. The summed E-state index contributed by atoms with van der Waals surface area (Å²) < 4.78 is 11.1. The van der Waals surface area contributed by atoms with Gasteiger partial charge in [-0.05, 0) is 77.0 Å². The molecule has 0 bridgehead atoms. The molecule has 1 heterocycles. The molecule has 1 fully saturated rings. The first-order valence-corrected chi connectivity index (χ1v) is 25.0. The lowest BCUT2D eigenvalue weighted by atomic mass is 9.99. The van der Waals surface area contributed by atoms with Crippen molar-refractivity contribution in [3.63, 3.8) is 0 Å². The molecule has 6 N–H and O–H groups in total. The van der Waals surface area contributed by atoms with Crippen molar-refractivity contribution in [3.05, 3.63) is 97.2 Å². The molecular weight excluding hydrogens is 791 g/mol. The molecule has 0 radical (unpaired) electrons. The summed E-state index contributed by atoms with van der Waals surface area (Å²) >= 11 is 0. The lowest BCUT2D eigenvalue weighted by Crippen LogP contribution is -2.60. The summed E-state index contributed by atoms with van der Waals surface area (Å²) in [5, 5.41) is 53.9. The van der Waals surface area contributed by atoms with Gasteiger partial charge in [0.05, 0.1) is 25.4 Å². The van der Waals surface area contributed by atoms with Gasteiger partial charge in [-0.1, -0.05) is 195 Å². The number of nitrogens with one attached hydrogen (secondary N) is 1. The molecule has 1 amide bonds. The number of rotatable bonds is 40. The van der Waals surface area contributed by atoms with Gasteiger partial charge in [0.15, 0.2) is 6.29 Å². The predicted octanol–water partition coefficient (Wildman–Crippen LogP) is 11.3. The van der Waals surface area contributed by atoms with E-state index in [0.717, 1.165) is 83.5 Å². The predicted molar refractivity (Wildman–Crippen MR) is 262 cm³/mol. The van der Waals surface area contributed by atoms with Crippen LogP contribution in [-0.2, 0) is 14.3 Å². The maximum Gasteiger partial charge on any atom is 0.220 e. The quantitative estimate of drug-likeness (QED) is 0.0263. The average molecular weight is 882 g/mol. The Balaban J connectivity index is 2.10. The normalized spacial score (nSPS) is 21.0. The standard InChI is InChI=1S/C54H91NO8/c1-3-5-7-9-11-12-13-14-15-16-17-18-19-20-21-22-23-24-25-26-27-28-29-30-31-32-33-34-35-36-38-40-42-44-50(58)55-47(48(57)43-41-39-37-10-8-6-4-2)46-62-54-53(61)52(60)51(59)49(45-56)63-54/h5,7-8,10-12,14-15,17-18,20-21,23-24,41,43,47-49,51-54,56-57,59-61H,3-4,6,9,13,16,19,22,25-40,42,44-46H2,1-2H3,(H,55,58)/b7-5-,10-8+,12-11-,15-14-,18-17-,21-20-,24-23-,43-41+. The Morgan fingerprint density at radius 2 is 1.00 bits per heavy atom. The topological polar surface area (TPSA) is 149 Å². The van der Waals surface area contributed by atoms with E-state index >= 15 is 0 Å². The SMILES string of the molecule is CC/C=C\C/C=C\C/C=C\C/C=C\C/C=C\C/C=C\CCCCCCCCCCCCCCCCC(=O)NC(COC1OC(CO)C(O)C(O)C1O)C(O)/C=C/CC/C=C/CCC. The molecule has 7 unspecified atom stereocenters. The minimum atomic E-state index is -1.57. The lowest BCUT2D eigenvalue weighted by Gasteiger charge is -2.40. The maximum atomic E-state index is 12.9. The van der Waals surface area contributed by atoms with Crippen LogP contribution in [0, 0.1) is 0 Å². The molecular formula is C54H91NO8. The second kappa shape index (κ2) is 43.0. The van der Waals surface area contributed by atoms with Crippen molar-refractivity contribution in [2.24, 2.45) is 0 Å². The first-order chi connectivity index (χ1) is 30.8. The van der Waals surface area contributed by atoms with Crippen molar-refractivity contribution in [2.45, 2.75) is 224 Å². The van der Waals surface area contributed by atoms with Gasteiger partial charge in [0.1, 0.15) is 24.4 Å². The minimum absolute atomic E-state index is 0.197. The van der Waals surface area contributed by atoms with Gasteiger partial charge in [0.25, 0.3) is 0 Å². The van der Waals surface area contributed by atoms with Crippen LogP contribution in [-0.4, -0.2) is 87.5 Å². The molecule has 9 nitrogen and oxygen atoms in total. The summed E-state index contributed by atoms with van der Waals surface area (Å²) in [7, 11) is 0. The molecule has 0 spiro atoms. The summed E-state index contributed by atoms with van der Waals surface area (Å²) in [4.78, 5) is 12.9. The highest BCUT2D eigenvalue weighted by molar-refractivity contribution is 5.76. The van der Waals surface area contributed by atoms with E-state index in [4.69, 9.17) is 9.47 Å². The third kappa shape index (κ3) is 33.3. The van der Waals surface area contributed by atoms with Crippen LogP contribution in [0.25, 0.3) is 0 Å². The molecule has 360 valence electrons. The molecule has 0 aromatic rings. The van der Waals surface area contributed by atoms with Crippen molar-refractivity contribution in [3.8, 4) is 0 Å².